The third-order valence-corrected chi connectivity index (χ3v) is 5.23. The fourth-order valence-electron chi connectivity index (χ4n) is 3.80. The minimum atomic E-state index is 0. The van der Waals surface area contributed by atoms with Gasteiger partial charge in [0.2, 0.25) is 5.91 Å². The van der Waals surface area contributed by atoms with Gasteiger partial charge in [-0.05, 0) is 68.8 Å². The lowest BCUT2D eigenvalue weighted by Gasteiger charge is -2.21. The molecule has 0 radical (unpaired) electrons. The molecule has 2 saturated heterocycles. The molecule has 4 nitrogen and oxygen atoms in total. The molecule has 0 spiro atoms. The highest BCUT2D eigenvalue weighted by molar-refractivity contribution is 5.85. The van der Waals surface area contributed by atoms with Gasteiger partial charge >= 0.3 is 0 Å². The maximum Gasteiger partial charge on any atom is 0.222 e. The molecule has 134 valence electrons. The van der Waals surface area contributed by atoms with Gasteiger partial charge in [-0.1, -0.05) is 12.1 Å². The van der Waals surface area contributed by atoms with E-state index in [-0.39, 0.29) is 12.4 Å². The maximum absolute atomic E-state index is 12.5. The van der Waals surface area contributed by atoms with Crippen LogP contribution in [0.4, 0.5) is 0 Å². The molecule has 2 aliphatic heterocycles. The van der Waals surface area contributed by atoms with Crippen molar-refractivity contribution < 1.29 is 9.53 Å². The van der Waals surface area contributed by atoms with Crippen molar-refractivity contribution in [2.24, 2.45) is 11.8 Å². The second-order valence-electron chi connectivity index (χ2n) is 6.71. The number of amides is 1. The van der Waals surface area contributed by atoms with E-state index in [1.54, 1.807) is 0 Å². The number of ether oxygens (including phenoxy) is 1. The summed E-state index contributed by atoms with van der Waals surface area (Å²) >= 11 is 0. The molecule has 0 unspecified atom stereocenters. The fourth-order valence-corrected chi connectivity index (χ4v) is 3.80. The van der Waals surface area contributed by atoms with Gasteiger partial charge in [0.05, 0.1) is 6.61 Å². The summed E-state index contributed by atoms with van der Waals surface area (Å²) in [5.41, 5.74) is 1.21. The van der Waals surface area contributed by atoms with E-state index in [0.29, 0.717) is 18.9 Å². The van der Waals surface area contributed by atoms with Crippen molar-refractivity contribution in [1.82, 2.24) is 10.2 Å². The van der Waals surface area contributed by atoms with Gasteiger partial charge in [-0.3, -0.25) is 4.79 Å². The van der Waals surface area contributed by atoms with Crippen molar-refractivity contribution in [2.45, 2.75) is 32.6 Å². The number of halogens is 1. The Bertz CT molecular complexity index is 507. The Morgan fingerprint density at radius 3 is 2.38 bits per heavy atom. The van der Waals surface area contributed by atoms with Crippen molar-refractivity contribution in [3.05, 3.63) is 29.8 Å². The highest BCUT2D eigenvalue weighted by Crippen LogP contribution is 2.27. The first-order valence-electron chi connectivity index (χ1n) is 8.96. The zero-order valence-corrected chi connectivity index (χ0v) is 15.3. The molecule has 2 heterocycles. The summed E-state index contributed by atoms with van der Waals surface area (Å²) < 4.78 is 5.45. The average molecular weight is 353 g/mol. The van der Waals surface area contributed by atoms with Crippen LogP contribution in [0.25, 0.3) is 0 Å². The monoisotopic (exact) mass is 352 g/mol. The van der Waals surface area contributed by atoms with E-state index >= 15 is 0 Å². The Kier molecular flexibility index (Phi) is 7.38. The molecule has 0 aromatic heterocycles. The number of benzene rings is 1. The third kappa shape index (κ3) is 4.87. The quantitative estimate of drug-likeness (QED) is 0.886. The van der Waals surface area contributed by atoms with Gasteiger partial charge in [-0.25, -0.2) is 0 Å². The van der Waals surface area contributed by atoms with E-state index in [2.05, 4.69) is 22.3 Å². The van der Waals surface area contributed by atoms with Crippen LogP contribution >= 0.6 is 12.4 Å². The van der Waals surface area contributed by atoms with Crippen molar-refractivity contribution in [1.29, 1.82) is 0 Å². The van der Waals surface area contributed by atoms with E-state index in [1.165, 1.54) is 5.56 Å². The molecule has 24 heavy (non-hydrogen) atoms. The largest absolute Gasteiger partial charge is 0.494 e. The number of likely N-dealkylation sites (tertiary alicyclic amines) is 1. The van der Waals surface area contributed by atoms with Gasteiger partial charge in [0.25, 0.3) is 0 Å². The Balaban J connectivity index is 0.00000208. The van der Waals surface area contributed by atoms with Gasteiger partial charge in [-0.2, -0.15) is 0 Å². The van der Waals surface area contributed by atoms with E-state index in [0.717, 1.165) is 63.0 Å². The lowest BCUT2D eigenvalue weighted by Crippen LogP contribution is -2.32. The lowest BCUT2D eigenvalue weighted by molar-refractivity contribution is -0.131. The summed E-state index contributed by atoms with van der Waals surface area (Å²) in [6.07, 6.45) is 3.75. The standard InChI is InChI=1S/C19H28N2O2.ClH/c1-2-23-18-6-3-15(4-7-18)5-8-19(22)21-11-9-16-13-20-14-17(16)10-12-21;/h3-4,6-7,16-17,20H,2,5,8-14H2,1H3;1H/t16-,17+;. The molecule has 1 aromatic carbocycles. The minimum absolute atomic E-state index is 0. The van der Waals surface area contributed by atoms with Crippen LogP contribution in [0, 0.1) is 11.8 Å². The second-order valence-corrected chi connectivity index (χ2v) is 6.71. The molecular formula is C19H29ClN2O2. The first kappa shape index (κ1) is 19.1. The lowest BCUT2D eigenvalue weighted by atomic mass is 9.92. The van der Waals surface area contributed by atoms with Crippen LogP contribution in [0.3, 0.4) is 0 Å². The van der Waals surface area contributed by atoms with Crippen molar-refractivity contribution >= 4 is 18.3 Å². The first-order chi connectivity index (χ1) is 11.3. The van der Waals surface area contributed by atoms with E-state index in [9.17, 15) is 4.79 Å². The van der Waals surface area contributed by atoms with Crippen LogP contribution in [0.5, 0.6) is 5.75 Å². The zero-order chi connectivity index (χ0) is 16.1. The van der Waals surface area contributed by atoms with Crippen molar-refractivity contribution in [2.75, 3.05) is 32.8 Å². The topological polar surface area (TPSA) is 41.6 Å². The Labute approximate surface area is 151 Å². The van der Waals surface area contributed by atoms with Crippen molar-refractivity contribution in [3.63, 3.8) is 0 Å². The van der Waals surface area contributed by atoms with E-state index in [4.69, 9.17) is 4.74 Å². The Hall–Kier alpha value is -1.26. The molecule has 1 aromatic rings. The number of nitrogens with one attached hydrogen (secondary N) is 1. The summed E-state index contributed by atoms with van der Waals surface area (Å²) in [6.45, 7) is 6.82. The molecule has 2 aliphatic rings. The van der Waals surface area contributed by atoms with E-state index in [1.807, 2.05) is 19.1 Å². The van der Waals surface area contributed by atoms with Crippen LogP contribution in [0.1, 0.15) is 31.7 Å². The number of carbonyl (C=O) groups excluding carboxylic acids is 1. The molecule has 2 atom stereocenters. The van der Waals surface area contributed by atoms with Crippen LogP contribution in [-0.2, 0) is 11.2 Å². The molecule has 0 aliphatic carbocycles. The number of rotatable bonds is 5. The molecule has 3 rings (SSSR count). The first-order valence-corrected chi connectivity index (χ1v) is 8.96. The molecule has 2 fully saturated rings. The van der Waals surface area contributed by atoms with Gasteiger partial charge in [-0.15, -0.1) is 12.4 Å². The number of nitrogens with zero attached hydrogens (tertiary/aromatic N) is 1. The normalized spacial score (nSPS) is 23.1. The highest BCUT2D eigenvalue weighted by atomic mass is 35.5. The molecule has 1 amide bonds. The molecular weight excluding hydrogens is 324 g/mol. The molecule has 0 saturated carbocycles. The smallest absolute Gasteiger partial charge is 0.222 e. The van der Waals surface area contributed by atoms with Crippen LogP contribution < -0.4 is 10.1 Å². The van der Waals surface area contributed by atoms with Crippen LogP contribution in [0.15, 0.2) is 24.3 Å². The van der Waals surface area contributed by atoms with E-state index < -0.39 is 0 Å². The summed E-state index contributed by atoms with van der Waals surface area (Å²) in [6, 6.07) is 8.11. The number of hydrogen-bond acceptors (Lipinski definition) is 3. The van der Waals surface area contributed by atoms with Gasteiger partial charge in [0, 0.05) is 19.5 Å². The highest BCUT2D eigenvalue weighted by Gasteiger charge is 2.31. The SMILES string of the molecule is CCOc1ccc(CCC(=O)N2CC[C@@H]3CNC[C@@H]3CC2)cc1.Cl. The van der Waals surface area contributed by atoms with Crippen LogP contribution in [0.2, 0.25) is 0 Å². The zero-order valence-electron chi connectivity index (χ0n) is 14.5. The van der Waals surface area contributed by atoms with Crippen molar-refractivity contribution in [3.8, 4) is 5.75 Å². The number of aryl methyl sites for hydroxylation is 1. The Morgan fingerprint density at radius 2 is 1.79 bits per heavy atom. The average Bonchev–Trinajstić information content (AvgIpc) is 2.93. The Morgan fingerprint density at radius 1 is 1.17 bits per heavy atom. The fraction of sp³-hybridized carbons (Fsp3) is 0.632. The van der Waals surface area contributed by atoms with Crippen LogP contribution in [-0.4, -0.2) is 43.6 Å². The number of fused-ring (bicyclic) bond motifs is 1. The molecule has 0 bridgehead atoms. The van der Waals surface area contributed by atoms with Gasteiger partial charge in [0.1, 0.15) is 5.75 Å². The number of carbonyl (C=O) groups is 1. The summed E-state index contributed by atoms with van der Waals surface area (Å²) in [5.74, 6) is 2.76. The minimum Gasteiger partial charge on any atom is -0.494 e. The summed E-state index contributed by atoms with van der Waals surface area (Å²) in [5, 5.41) is 3.48. The predicted octanol–water partition coefficient (Wildman–Crippen LogP) is 2.90. The van der Waals surface area contributed by atoms with Gasteiger partial charge in [0.15, 0.2) is 0 Å². The summed E-state index contributed by atoms with van der Waals surface area (Å²) in [4.78, 5) is 14.6. The number of hydrogen-bond donors (Lipinski definition) is 1. The second kappa shape index (κ2) is 9.28. The molecule has 1 N–H and O–H groups in total. The van der Waals surface area contributed by atoms with Gasteiger partial charge < -0.3 is 15.0 Å². The predicted molar refractivity (Wildman–Crippen MR) is 98.8 cm³/mol. The third-order valence-electron chi connectivity index (χ3n) is 5.23. The molecule has 5 heteroatoms. The maximum atomic E-state index is 12.5. The summed E-state index contributed by atoms with van der Waals surface area (Å²) in [7, 11) is 0.